The van der Waals surface area contributed by atoms with Crippen molar-refractivity contribution >= 4 is 11.6 Å². The van der Waals surface area contributed by atoms with Crippen LogP contribution in [0, 0.1) is 0 Å². The molecule has 0 bridgehead atoms. The first-order valence-electron chi connectivity index (χ1n) is 2.12. The van der Waals surface area contributed by atoms with Crippen LogP contribution >= 0.6 is 0 Å². The van der Waals surface area contributed by atoms with E-state index < -0.39 is 0 Å². The van der Waals surface area contributed by atoms with E-state index in [0.717, 1.165) is 0 Å². The van der Waals surface area contributed by atoms with Gasteiger partial charge in [0.1, 0.15) is 11.6 Å². The van der Waals surface area contributed by atoms with Crippen LogP contribution in [0.15, 0.2) is 0 Å². The Labute approximate surface area is 78.6 Å². The molecule has 0 aromatic carbocycles. The molecule has 1 radical (unpaired) electrons. The average molecular weight is 265 g/mol. The molecule has 0 aliphatic rings. The summed E-state index contributed by atoms with van der Waals surface area (Å²) in [6.07, 6.45) is 0.0833. The SMILES string of the molecule is CC(=O)CC(C)=O.[Co].[Pd]. The molecular formula is C5H8CoO2Pd. The fourth-order valence-electron chi connectivity index (χ4n) is 0.351. The van der Waals surface area contributed by atoms with Crippen molar-refractivity contribution in [1.82, 2.24) is 0 Å². The summed E-state index contributed by atoms with van der Waals surface area (Å²) in [4.78, 5) is 20.1. The minimum atomic E-state index is -0.0625. The third kappa shape index (κ3) is 17.7. The summed E-state index contributed by atoms with van der Waals surface area (Å²) in [6, 6.07) is 0. The van der Waals surface area contributed by atoms with Gasteiger partial charge in [0.05, 0.1) is 6.42 Å². The Balaban J connectivity index is -0.000000180. The third-order valence-corrected chi connectivity index (χ3v) is 0.498. The zero-order chi connectivity index (χ0) is 5.86. The molecule has 0 aliphatic heterocycles. The molecule has 0 atom stereocenters. The van der Waals surface area contributed by atoms with Gasteiger partial charge in [0.2, 0.25) is 0 Å². The van der Waals surface area contributed by atoms with Gasteiger partial charge in [0.25, 0.3) is 0 Å². The van der Waals surface area contributed by atoms with Crippen LogP contribution in [0.2, 0.25) is 0 Å². The number of carbonyl (C=O) groups excluding carboxylic acids is 2. The normalized spacial score (nSPS) is 6.44. The molecule has 0 aliphatic carbocycles. The second-order valence-corrected chi connectivity index (χ2v) is 1.58. The number of Topliss-reactive ketones (excluding diaryl/α,β-unsaturated/α-hetero) is 2. The van der Waals surface area contributed by atoms with Gasteiger partial charge in [-0.3, -0.25) is 9.59 Å². The molecule has 0 spiro atoms. The number of hydrogen-bond acceptors (Lipinski definition) is 2. The van der Waals surface area contributed by atoms with E-state index in [1.807, 2.05) is 0 Å². The molecule has 9 heavy (non-hydrogen) atoms. The maximum Gasteiger partial charge on any atom is 0.137 e. The first-order valence-corrected chi connectivity index (χ1v) is 2.12. The van der Waals surface area contributed by atoms with E-state index in [2.05, 4.69) is 0 Å². The number of ketones is 2. The minimum absolute atomic E-state index is 0. The minimum Gasteiger partial charge on any atom is -0.300 e. The number of rotatable bonds is 2. The Bertz CT molecular complexity index is 91.1. The van der Waals surface area contributed by atoms with Crippen molar-refractivity contribution in [3.63, 3.8) is 0 Å². The molecule has 0 saturated carbocycles. The van der Waals surface area contributed by atoms with Gasteiger partial charge in [-0.15, -0.1) is 0 Å². The summed E-state index contributed by atoms with van der Waals surface area (Å²) in [5.74, 6) is -0.125. The fraction of sp³-hybridized carbons (Fsp3) is 0.600. The van der Waals surface area contributed by atoms with Crippen molar-refractivity contribution in [2.24, 2.45) is 0 Å². The van der Waals surface area contributed by atoms with Gasteiger partial charge >= 0.3 is 0 Å². The number of carbonyl (C=O) groups is 2. The average Bonchev–Trinajstić information content (AvgIpc) is 1.27. The van der Waals surface area contributed by atoms with Crippen molar-refractivity contribution in [3.05, 3.63) is 0 Å². The van der Waals surface area contributed by atoms with Gasteiger partial charge < -0.3 is 0 Å². The van der Waals surface area contributed by atoms with Gasteiger partial charge in [-0.1, -0.05) is 0 Å². The van der Waals surface area contributed by atoms with Crippen molar-refractivity contribution in [1.29, 1.82) is 0 Å². The van der Waals surface area contributed by atoms with Crippen LogP contribution in [-0.4, -0.2) is 11.6 Å². The molecule has 59 valence electrons. The van der Waals surface area contributed by atoms with Crippen LogP contribution < -0.4 is 0 Å². The first kappa shape index (κ1) is 16.3. The Morgan fingerprint density at radius 3 is 1.33 bits per heavy atom. The Morgan fingerprint density at radius 1 is 1.11 bits per heavy atom. The van der Waals surface area contributed by atoms with Crippen molar-refractivity contribution in [2.75, 3.05) is 0 Å². The number of hydrogen-bond donors (Lipinski definition) is 0. The molecule has 0 fully saturated rings. The summed E-state index contributed by atoms with van der Waals surface area (Å²) in [5.41, 5.74) is 0. The van der Waals surface area contributed by atoms with Crippen molar-refractivity contribution < 1.29 is 46.8 Å². The summed E-state index contributed by atoms with van der Waals surface area (Å²) >= 11 is 0. The molecule has 0 aromatic heterocycles. The van der Waals surface area contributed by atoms with E-state index in [9.17, 15) is 9.59 Å². The van der Waals surface area contributed by atoms with Gasteiger partial charge in [-0.05, 0) is 13.8 Å². The van der Waals surface area contributed by atoms with E-state index >= 15 is 0 Å². The van der Waals surface area contributed by atoms with E-state index in [-0.39, 0.29) is 55.2 Å². The Morgan fingerprint density at radius 2 is 1.33 bits per heavy atom. The Hall–Kier alpha value is 0.509. The summed E-state index contributed by atoms with van der Waals surface area (Å²) in [6.45, 7) is 2.81. The molecule has 2 nitrogen and oxygen atoms in total. The molecule has 0 N–H and O–H groups in total. The van der Waals surface area contributed by atoms with E-state index in [1.54, 1.807) is 0 Å². The van der Waals surface area contributed by atoms with E-state index in [4.69, 9.17) is 0 Å². The zero-order valence-electron chi connectivity index (χ0n) is 5.17. The summed E-state index contributed by atoms with van der Waals surface area (Å²) in [7, 11) is 0. The van der Waals surface area contributed by atoms with Crippen LogP contribution in [0.4, 0.5) is 0 Å². The van der Waals surface area contributed by atoms with Gasteiger partial charge in [-0.25, -0.2) is 0 Å². The van der Waals surface area contributed by atoms with Crippen LogP contribution in [0.1, 0.15) is 20.3 Å². The monoisotopic (exact) mass is 265 g/mol. The van der Waals surface area contributed by atoms with Crippen LogP contribution in [0.25, 0.3) is 0 Å². The largest absolute Gasteiger partial charge is 0.300 e. The van der Waals surface area contributed by atoms with Gasteiger partial charge in [0, 0.05) is 37.2 Å². The smallest absolute Gasteiger partial charge is 0.137 e. The molecule has 0 heterocycles. The molecule has 0 saturated heterocycles. The molecule has 0 aromatic rings. The van der Waals surface area contributed by atoms with E-state index in [1.165, 1.54) is 13.8 Å². The quantitative estimate of drug-likeness (QED) is 0.540. The molecule has 0 amide bonds. The second-order valence-electron chi connectivity index (χ2n) is 1.58. The molecular weight excluding hydrogens is 257 g/mol. The summed E-state index contributed by atoms with van der Waals surface area (Å²) < 4.78 is 0. The first-order chi connectivity index (χ1) is 3.13. The zero-order valence-corrected chi connectivity index (χ0v) is 7.77. The standard InChI is InChI=1S/C5H8O2.Co.Pd/c1-4(6)3-5(2)7;;/h3H2,1-2H3;;. The van der Waals surface area contributed by atoms with Gasteiger partial charge in [-0.2, -0.15) is 0 Å². The van der Waals surface area contributed by atoms with Crippen molar-refractivity contribution in [3.8, 4) is 0 Å². The molecule has 4 heteroatoms. The maximum atomic E-state index is 10.0. The second kappa shape index (κ2) is 8.51. The van der Waals surface area contributed by atoms with E-state index in [0.29, 0.717) is 0 Å². The van der Waals surface area contributed by atoms with Crippen molar-refractivity contribution in [2.45, 2.75) is 20.3 Å². The molecule has 0 unspecified atom stereocenters. The Kier molecular flexibility index (Phi) is 15.4. The maximum absolute atomic E-state index is 10.0. The van der Waals surface area contributed by atoms with Crippen LogP contribution in [0.5, 0.6) is 0 Å². The topological polar surface area (TPSA) is 34.1 Å². The third-order valence-electron chi connectivity index (χ3n) is 0.498. The predicted molar refractivity (Wildman–Crippen MR) is 26.0 cm³/mol. The van der Waals surface area contributed by atoms with Gasteiger partial charge in [0.15, 0.2) is 0 Å². The van der Waals surface area contributed by atoms with Crippen LogP contribution in [-0.2, 0) is 46.8 Å². The predicted octanol–water partition coefficient (Wildman–Crippen LogP) is 0.549. The van der Waals surface area contributed by atoms with Crippen LogP contribution in [0.3, 0.4) is 0 Å². The fourth-order valence-corrected chi connectivity index (χ4v) is 0.351. The summed E-state index contributed by atoms with van der Waals surface area (Å²) in [5, 5.41) is 0. The molecule has 0 rings (SSSR count).